The van der Waals surface area contributed by atoms with E-state index in [0.717, 1.165) is 12.2 Å². The van der Waals surface area contributed by atoms with Crippen molar-refractivity contribution in [2.75, 3.05) is 12.9 Å². The Kier molecular flexibility index (Phi) is 7.41. The summed E-state index contributed by atoms with van der Waals surface area (Å²) in [6.07, 6.45) is 4.44. The summed E-state index contributed by atoms with van der Waals surface area (Å²) in [7, 11) is 3.52. The van der Waals surface area contributed by atoms with E-state index in [9.17, 15) is 4.79 Å². The number of methoxy groups -OCH3 is 1. The van der Waals surface area contributed by atoms with Crippen LogP contribution in [0.3, 0.4) is 0 Å². The number of carbonyl (C=O) groups excluding carboxylic acids is 1. The Bertz CT molecular complexity index is 826. The lowest BCUT2D eigenvalue weighted by Crippen LogP contribution is -2.41. The van der Waals surface area contributed by atoms with Crippen LogP contribution in [-0.4, -0.2) is 39.6 Å². The van der Waals surface area contributed by atoms with Gasteiger partial charge in [0.05, 0.1) is 12.9 Å². The highest BCUT2D eigenvalue weighted by Gasteiger charge is 2.23. The normalized spacial score (nSPS) is 20.1. The minimum atomic E-state index is -0.286. The van der Waals surface area contributed by atoms with Crippen molar-refractivity contribution < 1.29 is 14.3 Å². The molecule has 1 heterocycles. The SMILES string of the molecule is COc1cccc(OC(C)c2nnc(SCC(=O)NC3CCCCC3C)n2C)c1. The molecule has 1 N–H and O–H groups in total. The Morgan fingerprint density at radius 1 is 1.31 bits per heavy atom. The summed E-state index contributed by atoms with van der Waals surface area (Å²) < 4.78 is 13.1. The van der Waals surface area contributed by atoms with Gasteiger partial charge in [-0.2, -0.15) is 0 Å². The number of amides is 1. The molecule has 3 atom stereocenters. The van der Waals surface area contributed by atoms with Crippen LogP contribution in [-0.2, 0) is 11.8 Å². The number of nitrogens with one attached hydrogen (secondary N) is 1. The van der Waals surface area contributed by atoms with E-state index < -0.39 is 0 Å². The first-order chi connectivity index (χ1) is 14.0. The molecule has 1 amide bonds. The summed E-state index contributed by atoms with van der Waals surface area (Å²) in [6, 6.07) is 7.75. The van der Waals surface area contributed by atoms with Gasteiger partial charge in [-0.15, -0.1) is 10.2 Å². The van der Waals surface area contributed by atoms with E-state index in [-0.39, 0.29) is 12.0 Å². The van der Waals surface area contributed by atoms with Gasteiger partial charge in [0.2, 0.25) is 5.91 Å². The molecule has 0 bridgehead atoms. The van der Waals surface area contributed by atoms with Gasteiger partial charge in [0.1, 0.15) is 11.5 Å². The molecule has 2 aromatic rings. The summed E-state index contributed by atoms with van der Waals surface area (Å²) in [6.45, 7) is 4.14. The van der Waals surface area contributed by atoms with Gasteiger partial charge >= 0.3 is 0 Å². The van der Waals surface area contributed by atoms with Gasteiger partial charge in [0, 0.05) is 19.2 Å². The van der Waals surface area contributed by atoms with Crippen molar-refractivity contribution >= 4 is 17.7 Å². The van der Waals surface area contributed by atoms with Crippen LogP contribution in [0.25, 0.3) is 0 Å². The first-order valence-electron chi connectivity index (χ1n) is 10.1. The zero-order valence-corrected chi connectivity index (χ0v) is 18.4. The smallest absolute Gasteiger partial charge is 0.230 e. The number of carbonyl (C=O) groups is 1. The van der Waals surface area contributed by atoms with Gasteiger partial charge in [-0.25, -0.2) is 0 Å². The highest BCUT2D eigenvalue weighted by Crippen LogP contribution is 2.27. The molecular formula is C21H30N4O3S. The fourth-order valence-electron chi connectivity index (χ4n) is 3.65. The van der Waals surface area contributed by atoms with Crippen LogP contribution in [0.15, 0.2) is 29.4 Å². The first-order valence-corrected chi connectivity index (χ1v) is 11.1. The van der Waals surface area contributed by atoms with Crippen LogP contribution >= 0.6 is 11.8 Å². The fraction of sp³-hybridized carbons (Fsp3) is 0.571. The minimum Gasteiger partial charge on any atom is -0.497 e. The molecule has 1 saturated carbocycles. The van der Waals surface area contributed by atoms with Gasteiger partial charge in [0.15, 0.2) is 17.1 Å². The lowest BCUT2D eigenvalue weighted by Gasteiger charge is -2.29. The van der Waals surface area contributed by atoms with Crippen LogP contribution in [0.2, 0.25) is 0 Å². The average Bonchev–Trinajstić information content (AvgIpc) is 3.09. The molecule has 3 rings (SSSR count). The number of hydrogen-bond acceptors (Lipinski definition) is 6. The van der Waals surface area contributed by atoms with Gasteiger partial charge in [-0.1, -0.05) is 37.6 Å². The first kappa shape index (κ1) is 21.5. The molecule has 1 aliphatic carbocycles. The summed E-state index contributed by atoms with van der Waals surface area (Å²) in [4.78, 5) is 12.4. The number of benzene rings is 1. The Balaban J connectivity index is 1.55. The molecule has 1 fully saturated rings. The third-order valence-electron chi connectivity index (χ3n) is 5.38. The Morgan fingerprint density at radius 3 is 2.83 bits per heavy atom. The van der Waals surface area contributed by atoms with Crippen LogP contribution in [0.5, 0.6) is 11.5 Å². The summed E-state index contributed by atoms with van der Waals surface area (Å²) in [5.41, 5.74) is 0. The van der Waals surface area contributed by atoms with Crippen molar-refractivity contribution in [3.05, 3.63) is 30.1 Å². The monoisotopic (exact) mass is 418 g/mol. The number of nitrogens with zero attached hydrogens (tertiary/aromatic N) is 3. The van der Waals surface area contributed by atoms with Gasteiger partial charge < -0.3 is 19.4 Å². The number of rotatable bonds is 8. The average molecular weight is 419 g/mol. The zero-order valence-electron chi connectivity index (χ0n) is 17.6. The molecule has 0 spiro atoms. The summed E-state index contributed by atoms with van der Waals surface area (Å²) >= 11 is 1.40. The Hall–Kier alpha value is -2.22. The van der Waals surface area contributed by atoms with Gasteiger partial charge in [0.25, 0.3) is 0 Å². The van der Waals surface area contributed by atoms with Gasteiger partial charge in [-0.3, -0.25) is 4.79 Å². The molecule has 158 valence electrons. The molecule has 1 aliphatic rings. The molecule has 3 unspecified atom stereocenters. The highest BCUT2D eigenvalue weighted by molar-refractivity contribution is 7.99. The molecular weight excluding hydrogens is 388 g/mol. The number of ether oxygens (including phenoxy) is 2. The zero-order chi connectivity index (χ0) is 20.8. The Morgan fingerprint density at radius 2 is 2.07 bits per heavy atom. The fourth-order valence-corrected chi connectivity index (χ4v) is 4.38. The van der Waals surface area contributed by atoms with Gasteiger partial charge in [-0.05, 0) is 37.8 Å². The number of hydrogen-bond donors (Lipinski definition) is 1. The van der Waals surface area contributed by atoms with E-state index in [2.05, 4.69) is 22.4 Å². The lowest BCUT2D eigenvalue weighted by atomic mass is 9.86. The quantitative estimate of drug-likeness (QED) is 0.658. The van der Waals surface area contributed by atoms with E-state index >= 15 is 0 Å². The van der Waals surface area contributed by atoms with E-state index in [1.165, 1.54) is 31.0 Å². The van der Waals surface area contributed by atoms with Crippen LogP contribution in [0.4, 0.5) is 0 Å². The molecule has 0 aliphatic heterocycles. The molecule has 7 nitrogen and oxygen atoms in total. The predicted octanol–water partition coefficient (Wildman–Crippen LogP) is 3.75. The van der Waals surface area contributed by atoms with E-state index in [4.69, 9.17) is 9.47 Å². The molecule has 1 aromatic heterocycles. The second-order valence-corrected chi connectivity index (χ2v) is 8.51. The summed E-state index contributed by atoms with van der Waals surface area (Å²) in [5, 5.41) is 12.4. The van der Waals surface area contributed by atoms with Crippen LogP contribution in [0.1, 0.15) is 51.5 Å². The van der Waals surface area contributed by atoms with Crippen LogP contribution in [0, 0.1) is 5.92 Å². The van der Waals surface area contributed by atoms with E-state index in [1.54, 1.807) is 7.11 Å². The molecule has 29 heavy (non-hydrogen) atoms. The molecule has 1 aromatic carbocycles. The third-order valence-corrected chi connectivity index (χ3v) is 6.40. The molecule has 0 saturated heterocycles. The maximum Gasteiger partial charge on any atom is 0.230 e. The summed E-state index contributed by atoms with van der Waals surface area (Å²) in [5.74, 6) is 3.09. The van der Waals surface area contributed by atoms with E-state index in [1.807, 2.05) is 42.8 Å². The van der Waals surface area contributed by atoms with Crippen molar-refractivity contribution in [2.24, 2.45) is 13.0 Å². The Labute approximate surface area is 176 Å². The minimum absolute atomic E-state index is 0.0546. The third kappa shape index (κ3) is 5.65. The molecule has 0 radical (unpaired) electrons. The largest absolute Gasteiger partial charge is 0.497 e. The van der Waals surface area contributed by atoms with Crippen molar-refractivity contribution in [3.8, 4) is 11.5 Å². The van der Waals surface area contributed by atoms with E-state index in [0.29, 0.717) is 34.4 Å². The predicted molar refractivity (Wildman–Crippen MR) is 113 cm³/mol. The number of thioether (sulfide) groups is 1. The molecule has 8 heteroatoms. The topological polar surface area (TPSA) is 78.3 Å². The maximum absolute atomic E-state index is 12.4. The second kappa shape index (κ2) is 10.0. The number of aromatic nitrogens is 3. The van der Waals surface area contributed by atoms with Crippen molar-refractivity contribution in [1.29, 1.82) is 0 Å². The lowest BCUT2D eigenvalue weighted by molar-refractivity contribution is -0.119. The standard InChI is InChI=1S/C21H30N4O3S/c1-14-8-5-6-11-18(14)22-19(26)13-29-21-24-23-20(25(21)3)15(2)28-17-10-7-9-16(12-17)27-4/h7,9-10,12,14-15,18H,5-6,8,11,13H2,1-4H3,(H,22,26). The van der Waals surface area contributed by atoms with Crippen molar-refractivity contribution in [1.82, 2.24) is 20.1 Å². The second-order valence-electron chi connectivity index (χ2n) is 7.56. The van der Waals surface area contributed by atoms with Crippen molar-refractivity contribution in [3.63, 3.8) is 0 Å². The highest BCUT2D eigenvalue weighted by atomic mass is 32.2. The van der Waals surface area contributed by atoms with Crippen molar-refractivity contribution in [2.45, 2.75) is 56.8 Å². The van der Waals surface area contributed by atoms with Crippen LogP contribution < -0.4 is 14.8 Å². The maximum atomic E-state index is 12.4.